The summed E-state index contributed by atoms with van der Waals surface area (Å²) in [5.41, 5.74) is 6.16. The molecule has 2 heterocycles. The van der Waals surface area contributed by atoms with E-state index in [0.717, 1.165) is 5.69 Å². The average Bonchev–Trinajstić information content (AvgIpc) is 2.38. The fourth-order valence-electron chi connectivity index (χ4n) is 1.48. The Morgan fingerprint density at radius 1 is 1.39 bits per heavy atom. The predicted octanol–water partition coefficient (Wildman–Crippen LogP) is 1.73. The smallest absolute Gasteiger partial charge is 0.311 e. The summed E-state index contributed by atoms with van der Waals surface area (Å²) in [4.78, 5) is 19.8. The Kier molecular flexibility index (Phi) is 3.05. The Labute approximate surface area is 103 Å². The number of pyridine rings is 2. The summed E-state index contributed by atoms with van der Waals surface area (Å²) in [5, 5.41) is 10.6. The molecule has 0 amide bonds. The van der Waals surface area contributed by atoms with Crippen molar-refractivity contribution in [1.82, 2.24) is 9.97 Å². The number of nitrogens with two attached hydrogens (primary N) is 1. The molecule has 0 radical (unpaired) electrons. The van der Waals surface area contributed by atoms with Crippen molar-refractivity contribution in [2.45, 2.75) is 0 Å². The summed E-state index contributed by atoms with van der Waals surface area (Å²) in [6, 6.07) is 6.53. The molecule has 0 aliphatic heterocycles. The number of nitrogens with zero attached hydrogens (tertiary/aromatic N) is 4. The molecule has 7 heteroatoms. The molecule has 0 saturated carbocycles. The van der Waals surface area contributed by atoms with Crippen molar-refractivity contribution in [3.05, 3.63) is 46.8 Å². The first kappa shape index (κ1) is 11.8. The number of anilines is 3. The summed E-state index contributed by atoms with van der Waals surface area (Å²) in [6.07, 6.45) is 3.33. The minimum Gasteiger partial charge on any atom is -0.378 e. The predicted molar refractivity (Wildman–Crippen MR) is 67.6 cm³/mol. The van der Waals surface area contributed by atoms with Gasteiger partial charge in [-0.3, -0.25) is 15.1 Å². The zero-order valence-corrected chi connectivity index (χ0v) is 9.65. The Morgan fingerprint density at radius 3 is 2.72 bits per heavy atom. The highest BCUT2D eigenvalue weighted by Gasteiger charge is 2.15. The summed E-state index contributed by atoms with van der Waals surface area (Å²) < 4.78 is 0. The molecular formula is C11H11N5O2. The van der Waals surface area contributed by atoms with Gasteiger partial charge < -0.3 is 10.6 Å². The van der Waals surface area contributed by atoms with Crippen LogP contribution in [0, 0.1) is 10.1 Å². The number of rotatable bonds is 3. The highest BCUT2D eigenvalue weighted by molar-refractivity contribution is 5.63. The minimum atomic E-state index is -0.559. The van der Waals surface area contributed by atoms with Gasteiger partial charge in [0.25, 0.3) is 0 Å². The van der Waals surface area contributed by atoms with Crippen LogP contribution in [-0.4, -0.2) is 21.9 Å². The van der Waals surface area contributed by atoms with E-state index in [2.05, 4.69) is 9.97 Å². The summed E-state index contributed by atoms with van der Waals surface area (Å²) in [6.45, 7) is 0. The first-order valence-electron chi connectivity index (χ1n) is 5.14. The van der Waals surface area contributed by atoms with Crippen LogP contribution in [0.25, 0.3) is 0 Å². The van der Waals surface area contributed by atoms with Gasteiger partial charge in [0.1, 0.15) is 5.82 Å². The van der Waals surface area contributed by atoms with Crippen LogP contribution >= 0.6 is 0 Å². The average molecular weight is 245 g/mol. The molecule has 7 nitrogen and oxygen atoms in total. The van der Waals surface area contributed by atoms with Crippen LogP contribution < -0.4 is 10.6 Å². The van der Waals surface area contributed by atoms with Crippen LogP contribution in [-0.2, 0) is 0 Å². The minimum absolute atomic E-state index is 0.103. The molecule has 18 heavy (non-hydrogen) atoms. The Bertz CT molecular complexity index is 573. The molecule has 0 bridgehead atoms. The molecule has 2 aromatic heterocycles. The molecule has 2 rings (SSSR count). The van der Waals surface area contributed by atoms with Crippen LogP contribution in [0.3, 0.4) is 0 Å². The van der Waals surface area contributed by atoms with Crippen molar-refractivity contribution in [2.75, 3.05) is 17.7 Å². The van der Waals surface area contributed by atoms with Crippen molar-refractivity contribution in [2.24, 2.45) is 0 Å². The molecule has 0 unspecified atom stereocenters. The van der Waals surface area contributed by atoms with E-state index in [4.69, 9.17) is 5.73 Å². The molecule has 0 aliphatic rings. The third-order valence-corrected chi connectivity index (χ3v) is 2.46. The molecule has 0 atom stereocenters. The number of hydrogen-bond donors (Lipinski definition) is 1. The lowest BCUT2D eigenvalue weighted by Gasteiger charge is -2.17. The molecule has 0 spiro atoms. The lowest BCUT2D eigenvalue weighted by Crippen LogP contribution is -2.12. The van der Waals surface area contributed by atoms with Crippen molar-refractivity contribution in [3.63, 3.8) is 0 Å². The normalized spacial score (nSPS) is 10.1. The van der Waals surface area contributed by atoms with Gasteiger partial charge in [-0.15, -0.1) is 0 Å². The molecule has 0 saturated heterocycles. The topological polar surface area (TPSA) is 98.2 Å². The first-order valence-corrected chi connectivity index (χ1v) is 5.14. The van der Waals surface area contributed by atoms with E-state index in [0.29, 0.717) is 5.82 Å². The van der Waals surface area contributed by atoms with Gasteiger partial charge in [-0.25, -0.2) is 4.98 Å². The van der Waals surface area contributed by atoms with Crippen molar-refractivity contribution in [3.8, 4) is 0 Å². The summed E-state index contributed by atoms with van der Waals surface area (Å²) in [5.74, 6) is 0.416. The largest absolute Gasteiger partial charge is 0.378 e. The zero-order chi connectivity index (χ0) is 13.1. The van der Waals surface area contributed by atoms with Crippen LogP contribution in [0.2, 0.25) is 0 Å². The lowest BCUT2D eigenvalue weighted by atomic mass is 10.3. The van der Waals surface area contributed by atoms with Crippen molar-refractivity contribution >= 4 is 23.0 Å². The van der Waals surface area contributed by atoms with Gasteiger partial charge in [-0.05, 0) is 18.2 Å². The van der Waals surface area contributed by atoms with Gasteiger partial charge >= 0.3 is 5.69 Å². The maximum absolute atomic E-state index is 10.6. The van der Waals surface area contributed by atoms with E-state index in [9.17, 15) is 10.1 Å². The third-order valence-electron chi connectivity index (χ3n) is 2.46. The monoisotopic (exact) mass is 245 g/mol. The SMILES string of the molecule is CN(c1cccnc1)c1ccc([N+](=O)[O-])c(N)n1. The number of hydrogen-bond acceptors (Lipinski definition) is 6. The van der Waals surface area contributed by atoms with Crippen LogP contribution in [0.4, 0.5) is 23.0 Å². The van der Waals surface area contributed by atoms with Gasteiger partial charge in [0, 0.05) is 19.3 Å². The van der Waals surface area contributed by atoms with Gasteiger partial charge in [0.2, 0.25) is 5.82 Å². The van der Waals surface area contributed by atoms with Crippen LogP contribution in [0.15, 0.2) is 36.7 Å². The number of nitrogen functional groups attached to an aromatic ring is 1. The molecule has 0 fully saturated rings. The van der Waals surface area contributed by atoms with E-state index in [1.54, 1.807) is 36.5 Å². The van der Waals surface area contributed by atoms with E-state index in [-0.39, 0.29) is 11.5 Å². The van der Waals surface area contributed by atoms with Gasteiger partial charge in [0.05, 0.1) is 16.8 Å². The second kappa shape index (κ2) is 4.66. The van der Waals surface area contributed by atoms with Crippen molar-refractivity contribution in [1.29, 1.82) is 0 Å². The highest BCUT2D eigenvalue weighted by atomic mass is 16.6. The summed E-state index contributed by atoms with van der Waals surface area (Å²) >= 11 is 0. The third kappa shape index (κ3) is 2.19. The second-order valence-corrected chi connectivity index (χ2v) is 3.60. The first-order chi connectivity index (χ1) is 8.59. The van der Waals surface area contributed by atoms with Gasteiger partial charge in [0.15, 0.2) is 0 Å². The summed E-state index contributed by atoms with van der Waals surface area (Å²) in [7, 11) is 1.78. The van der Waals surface area contributed by atoms with E-state index in [1.165, 1.54) is 6.07 Å². The van der Waals surface area contributed by atoms with Gasteiger partial charge in [-0.1, -0.05) is 0 Å². The van der Waals surface area contributed by atoms with Gasteiger partial charge in [-0.2, -0.15) is 0 Å². The van der Waals surface area contributed by atoms with Crippen molar-refractivity contribution < 1.29 is 4.92 Å². The van der Waals surface area contributed by atoms with E-state index in [1.807, 2.05) is 6.07 Å². The molecule has 2 N–H and O–H groups in total. The fourth-order valence-corrected chi connectivity index (χ4v) is 1.48. The standard InChI is InChI=1S/C11H11N5O2/c1-15(8-3-2-6-13-7-8)10-5-4-9(16(17)18)11(12)14-10/h2-7H,1H3,(H2,12,14). The highest BCUT2D eigenvalue weighted by Crippen LogP contribution is 2.26. The maximum atomic E-state index is 10.6. The van der Waals surface area contributed by atoms with Crippen LogP contribution in [0.1, 0.15) is 0 Å². The van der Waals surface area contributed by atoms with E-state index < -0.39 is 4.92 Å². The molecular weight excluding hydrogens is 234 g/mol. The zero-order valence-electron chi connectivity index (χ0n) is 9.65. The fraction of sp³-hybridized carbons (Fsp3) is 0.0909. The van der Waals surface area contributed by atoms with Crippen LogP contribution in [0.5, 0.6) is 0 Å². The lowest BCUT2D eigenvalue weighted by molar-refractivity contribution is -0.384. The quantitative estimate of drug-likeness (QED) is 0.653. The molecule has 2 aromatic rings. The number of nitro groups is 1. The molecule has 0 aliphatic carbocycles. The Morgan fingerprint density at radius 2 is 2.17 bits per heavy atom. The molecule has 0 aromatic carbocycles. The Hall–Kier alpha value is -2.70. The Balaban J connectivity index is 2.35. The number of aromatic nitrogens is 2. The molecule has 92 valence electrons. The second-order valence-electron chi connectivity index (χ2n) is 3.60. The van der Waals surface area contributed by atoms with E-state index >= 15 is 0 Å². The maximum Gasteiger partial charge on any atom is 0.311 e.